The SMILES string of the molecule is CN1CCC(CNC(=O)[C@@H]2CCOc3ccccc3C2)(c2ccccc2)CC1. The number of fused-ring (bicyclic) bond motifs is 1. The molecule has 0 spiro atoms. The molecule has 0 radical (unpaired) electrons. The third-order valence-corrected chi connectivity index (χ3v) is 6.46. The highest BCUT2D eigenvalue weighted by atomic mass is 16.5. The van der Waals surface area contributed by atoms with Crippen molar-refractivity contribution in [2.45, 2.75) is 31.1 Å². The van der Waals surface area contributed by atoms with Crippen LogP contribution in [0.15, 0.2) is 54.6 Å². The molecular formula is C24H30N2O2. The summed E-state index contributed by atoms with van der Waals surface area (Å²) >= 11 is 0. The van der Waals surface area contributed by atoms with Gasteiger partial charge in [-0.1, -0.05) is 48.5 Å². The Balaban J connectivity index is 1.46. The Morgan fingerprint density at radius 1 is 1.11 bits per heavy atom. The largest absolute Gasteiger partial charge is 0.493 e. The molecule has 0 aromatic heterocycles. The van der Waals surface area contributed by atoms with Crippen molar-refractivity contribution in [2.24, 2.45) is 5.92 Å². The molecule has 1 atom stereocenters. The van der Waals surface area contributed by atoms with Crippen molar-refractivity contribution < 1.29 is 9.53 Å². The van der Waals surface area contributed by atoms with Crippen LogP contribution in [-0.2, 0) is 16.6 Å². The quantitative estimate of drug-likeness (QED) is 0.887. The lowest BCUT2D eigenvalue weighted by Gasteiger charge is -2.41. The van der Waals surface area contributed by atoms with Crippen molar-refractivity contribution in [2.75, 3.05) is 33.3 Å². The molecule has 28 heavy (non-hydrogen) atoms. The standard InChI is InChI=1S/C24H30N2O2/c1-26-14-12-24(13-15-26,21-8-3-2-4-9-21)18-25-23(27)20-11-16-28-22-10-6-5-7-19(22)17-20/h2-10,20H,11-18H2,1H3,(H,25,27)/t20-/m1/s1. The van der Waals surface area contributed by atoms with Gasteiger partial charge in [-0.25, -0.2) is 0 Å². The molecule has 4 rings (SSSR count). The van der Waals surface area contributed by atoms with Crippen LogP contribution in [0.4, 0.5) is 0 Å². The molecule has 2 heterocycles. The maximum Gasteiger partial charge on any atom is 0.223 e. The zero-order valence-corrected chi connectivity index (χ0v) is 16.7. The van der Waals surface area contributed by atoms with Gasteiger partial charge in [-0.3, -0.25) is 4.79 Å². The monoisotopic (exact) mass is 378 g/mol. The highest BCUT2D eigenvalue weighted by Crippen LogP contribution is 2.35. The highest BCUT2D eigenvalue weighted by Gasteiger charge is 2.36. The van der Waals surface area contributed by atoms with Crippen LogP contribution in [0.2, 0.25) is 0 Å². The average Bonchev–Trinajstić information content (AvgIpc) is 2.97. The first-order valence-electron chi connectivity index (χ1n) is 10.4. The van der Waals surface area contributed by atoms with E-state index in [9.17, 15) is 4.79 Å². The summed E-state index contributed by atoms with van der Waals surface area (Å²) in [4.78, 5) is 15.4. The van der Waals surface area contributed by atoms with Gasteiger partial charge in [-0.2, -0.15) is 0 Å². The number of nitrogens with one attached hydrogen (secondary N) is 1. The number of likely N-dealkylation sites (tertiary alicyclic amines) is 1. The number of carbonyl (C=O) groups excluding carboxylic acids is 1. The molecule has 2 aromatic rings. The van der Waals surface area contributed by atoms with Crippen LogP contribution in [0.1, 0.15) is 30.4 Å². The second-order valence-electron chi connectivity index (χ2n) is 8.31. The van der Waals surface area contributed by atoms with E-state index in [0.29, 0.717) is 13.2 Å². The fraction of sp³-hybridized carbons (Fsp3) is 0.458. The van der Waals surface area contributed by atoms with Crippen LogP contribution in [-0.4, -0.2) is 44.1 Å². The van der Waals surface area contributed by atoms with Crippen molar-refractivity contribution in [3.8, 4) is 5.75 Å². The van der Waals surface area contributed by atoms with E-state index in [4.69, 9.17) is 4.74 Å². The molecule has 4 heteroatoms. The van der Waals surface area contributed by atoms with E-state index in [1.54, 1.807) is 0 Å². The Morgan fingerprint density at radius 2 is 1.82 bits per heavy atom. The fourth-order valence-corrected chi connectivity index (χ4v) is 4.52. The van der Waals surface area contributed by atoms with Crippen molar-refractivity contribution in [1.82, 2.24) is 10.2 Å². The number of carbonyl (C=O) groups is 1. The fourth-order valence-electron chi connectivity index (χ4n) is 4.52. The van der Waals surface area contributed by atoms with Gasteiger partial charge in [0.15, 0.2) is 0 Å². The summed E-state index contributed by atoms with van der Waals surface area (Å²) in [5.74, 6) is 1.06. The number of benzene rings is 2. The van der Waals surface area contributed by atoms with E-state index in [0.717, 1.165) is 50.1 Å². The van der Waals surface area contributed by atoms with Gasteiger partial charge >= 0.3 is 0 Å². The topological polar surface area (TPSA) is 41.6 Å². The van der Waals surface area contributed by atoms with Crippen molar-refractivity contribution >= 4 is 5.91 Å². The van der Waals surface area contributed by atoms with Crippen LogP contribution < -0.4 is 10.1 Å². The minimum atomic E-state index is -0.0252. The third-order valence-electron chi connectivity index (χ3n) is 6.46. The molecule has 0 saturated carbocycles. The van der Waals surface area contributed by atoms with Crippen LogP contribution in [0, 0.1) is 5.92 Å². The zero-order valence-electron chi connectivity index (χ0n) is 16.7. The molecule has 1 N–H and O–H groups in total. The first-order valence-corrected chi connectivity index (χ1v) is 10.4. The first kappa shape index (κ1) is 19.0. The smallest absolute Gasteiger partial charge is 0.223 e. The molecule has 0 bridgehead atoms. The summed E-state index contributed by atoms with van der Waals surface area (Å²) in [7, 11) is 2.18. The first-order chi connectivity index (χ1) is 13.7. The molecule has 0 unspecified atom stereocenters. The Labute approximate surface area is 167 Å². The van der Waals surface area contributed by atoms with Gasteiger partial charge in [0.2, 0.25) is 5.91 Å². The summed E-state index contributed by atoms with van der Waals surface area (Å²) < 4.78 is 5.84. The molecule has 1 saturated heterocycles. The number of piperidine rings is 1. The van der Waals surface area contributed by atoms with Gasteiger partial charge in [0.05, 0.1) is 6.61 Å². The van der Waals surface area contributed by atoms with E-state index in [-0.39, 0.29) is 17.2 Å². The number of rotatable bonds is 4. The van der Waals surface area contributed by atoms with Gasteiger partial charge in [-0.15, -0.1) is 0 Å². The lowest BCUT2D eigenvalue weighted by Crippen LogP contribution is -2.49. The average molecular weight is 379 g/mol. The third kappa shape index (κ3) is 4.07. The Morgan fingerprint density at radius 3 is 2.61 bits per heavy atom. The minimum absolute atomic E-state index is 0.0252. The Hall–Kier alpha value is -2.33. The molecule has 2 aromatic carbocycles. The number of hydrogen-bond acceptors (Lipinski definition) is 3. The second kappa shape index (κ2) is 8.36. The number of nitrogens with zero attached hydrogens (tertiary/aromatic N) is 1. The minimum Gasteiger partial charge on any atom is -0.493 e. The summed E-state index contributed by atoms with van der Waals surface area (Å²) in [6.07, 6.45) is 3.67. The Kier molecular flexibility index (Phi) is 5.67. The van der Waals surface area contributed by atoms with Gasteiger partial charge in [0.25, 0.3) is 0 Å². The lowest BCUT2D eigenvalue weighted by atomic mass is 9.72. The van der Waals surface area contributed by atoms with E-state index in [2.05, 4.69) is 53.7 Å². The van der Waals surface area contributed by atoms with Crippen LogP contribution in [0.25, 0.3) is 0 Å². The molecule has 1 fully saturated rings. The van der Waals surface area contributed by atoms with Crippen molar-refractivity contribution in [3.63, 3.8) is 0 Å². The van der Waals surface area contributed by atoms with E-state index < -0.39 is 0 Å². The molecule has 2 aliphatic rings. The van der Waals surface area contributed by atoms with E-state index in [1.807, 2.05) is 18.2 Å². The number of amides is 1. The molecule has 148 valence electrons. The lowest BCUT2D eigenvalue weighted by molar-refractivity contribution is -0.125. The Bertz CT molecular complexity index is 797. The molecule has 0 aliphatic carbocycles. The number of ether oxygens (including phenoxy) is 1. The van der Waals surface area contributed by atoms with Crippen molar-refractivity contribution in [3.05, 3.63) is 65.7 Å². The summed E-state index contributed by atoms with van der Waals surface area (Å²) in [6, 6.07) is 18.8. The normalized spacial score (nSPS) is 21.8. The predicted molar refractivity (Wildman–Crippen MR) is 112 cm³/mol. The maximum absolute atomic E-state index is 13.1. The van der Waals surface area contributed by atoms with Crippen LogP contribution >= 0.6 is 0 Å². The highest BCUT2D eigenvalue weighted by molar-refractivity contribution is 5.79. The maximum atomic E-state index is 13.1. The number of hydrogen-bond donors (Lipinski definition) is 1. The van der Waals surface area contributed by atoms with Crippen LogP contribution in [0.3, 0.4) is 0 Å². The van der Waals surface area contributed by atoms with Gasteiger partial charge in [0.1, 0.15) is 5.75 Å². The molecular weight excluding hydrogens is 348 g/mol. The summed E-state index contributed by atoms with van der Waals surface area (Å²) in [6.45, 7) is 3.44. The molecule has 1 amide bonds. The van der Waals surface area contributed by atoms with E-state index >= 15 is 0 Å². The predicted octanol–water partition coefficient (Wildman–Crippen LogP) is 3.41. The summed E-state index contributed by atoms with van der Waals surface area (Å²) in [5.41, 5.74) is 2.51. The molecule has 4 nitrogen and oxygen atoms in total. The van der Waals surface area contributed by atoms with Gasteiger partial charge in [-0.05, 0) is 63.0 Å². The zero-order chi connectivity index (χ0) is 19.4. The molecule has 2 aliphatic heterocycles. The summed E-state index contributed by atoms with van der Waals surface area (Å²) in [5, 5.41) is 3.32. The number of para-hydroxylation sites is 1. The van der Waals surface area contributed by atoms with Gasteiger partial charge in [0, 0.05) is 17.9 Å². The second-order valence-corrected chi connectivity index (χ2v) is 8.31. The van der Waals surface area contributed by atoms with Gasteiger partial charge < -0.3 is 15.0 Å². The van der Waals surface area contributed by atoms with E-state index in [1.165, 1.54) is 5.56 Å². The van der Waals surface area contributed by atoms with Crippen LogP contribution in [0.5, 0.6) is 5.75 Å². The van der Waals surface area contributed by atoms with Crippen molar-refractivity contribution in [1.29, 1.82) is 0 Å².